The van der Waals surface area contributed by atoms with Crippen LogP contribution in [0.2, 0.25) is 5.15 Å². The van der Waals surface area contributed by atoms with Crippen LogP contribution >= 0.6 is 11.6 Å². The SMILES string of the molecule is Cc1ccc(Cl)nc1.Cc1ccc(Oc2ccc(B(O)O)cc2)nc1.OB(O)c1ccc(O)cc1. The van der Waals surface area contributed by atoms with Crippen LogP contribution in [0, 0.1) is 13.8 Å². The predicted octanol–water partition coefficient (Wildman–Crippen LogP) is 1.98. The summed E-state index contributed by atoms with van der Waals surface area (Å²) in [6.07, 6.45) is 3.46. The van der Waals surface area contributed by atoms with Crippen molar-refractivity contribution in [2.24, 2.45) is 0 Å². The number of aromatic nitrogens is 2. The molecule has 0 saturated heterocycles. The third-order valence-corrected chi connectivity index (χ3v) is 4.57. The number of hydrogen-bond donors (Lipinski definition) is 5. The monoisotopic (exact) mass is 494 g/mol. The number of hydrogen-bond acceptors (Lipinski definition) is 8. The Morgan fingerprint density at radius 1 is 0.657 bits per heavy atom. The Bertz CT molecular complexity index is 1120. The molecule has 0 aliphatic carbocycles. The van der Waals surface area contributed by atoms with Gasteiger partial charge in [0.25, 0.3) is 0 Å². The van der Waals surface area contributed by atoms with Gasteiger partial charge in [-0.15, -0.1) is 0 Å². The molecule has 0 unspecified atom stereocenters. The molecule has 2 aromatic heterocycles. The van der Waals surface area contributed by atoms with Crippen LogP contribution in [0.5, 0.6) is 17.4 Å². The zero-order valence-corrected chi connectivity index (χ0v) is 19.9. The highest BCUT2D eigenvalue weighted by molar-refractivity contribution is 6.58. The summed E-state index contributed by atoms with van der Waals surface area (Å²) in [5.41, 5.74) is 3.00. The van der Waals surface area contributed by atoms with E-state index in [0.29, 0.717) is 27.7 Å². The third-order valence-electron chi connectivity index (χ3n) is 4.35. The third kappa shape index (κ3) is 10.6. The Morgan fingerprint density at radius 3 is 1.54 bits per heavy atom. The lowest BCUT2D eigenvalue weighted by Gasteiger charge is -2.05. The molecule has 0 amide bonds. The lowest BCUT2D eigenvalue weighted by molar-refractivity contribution is 0.424. The van der Waals surface area contributed by atoms with Crippen molar-refractivity contribution in [2.45, 2.75) is 13.8 Å². The minimum Gasteiger partial charge on any atom is -0.508 e. The molecule has 0 aliphatic heterocycles. The van der Waals surface area contributed by atoms with Crippen molar-refractivity contribution >= 4 is 36.8 Å². The number of benzene rings is 2. The molecule has 2 aromatic carbocycles. The van der Waals surface area contributed by atoms with Gasteiger partial charge in [0, 0.05) is 18.5 Å². The molecule has 5 N–H and O–H groups in total. The van der Waals surface area contributed by atoms with E-state index in [1.807, 2.05) is 26.0 Å². The van der Waals surface area contributed by atoms with E-state index in [1.165, 1.54) is 24.3 Å². The molecular weight excluding hydrogens is 469 g/mol. The number of aryl methyl sites for hydroxylation is 2. The van der Waals surface area contributed by atoms with Crippen LogP contribution < -0.4 is 15.7 Å². The molecule has 0 aliphatic rings. The van der Waals surface area contributed by atoms with Gasteiger partial charge in [0.1, 0.15) is 16.7 Å². The summed E-state index contributed by atoms with van der Waals surface area (Å²) in [4.78, 5) is 7.95. The molecule has 35 heavy (non-hydrogen) atoms. The van der Waals surface area contributed by atoms with Gasteiger partial charge in [0.05, 0.1) is 0 Å². The predicted molar refractivity (Wildman–Crippen MR) is 137 cm³/mol. The number of phenols is 1. The molecule has 4 aromatic rings. The van der Waals surface area contributed by atoms with Crippen LogP contribution in [-0.4, -0.2) is 49.4 Å². The summed E-state index contributed by atoms with van der Waals surface area (Å²) >= 11 is 5.50. The first-order chi connectivity index (χ1) is 16.6. The largest absolute Gasteiger partial charge is 0.508 e. The number of phenolic OH excluding ortho intramolecular Hbond substituents is 1. The van der Waals surface area contributed by atoms with Gasteiger partial charge >= 0.3 is 14.2 Å². The highest BCUT2D eigenvalue weighted by Crippen LogP contribution is 2.17. The second kappa shape index (κ2) is 14.1. The Labute approximate surface area is 209 Å². The maximum Gasteiger partial charge on any atom is 0.488 e. The second-order valence-electron chi connectivity index (χ2n) is 7.34. The number of nitrogens with zero attached hydrogens (tertiary/aromatic N) is 2. The van der Waals surface area contributed by atoms with E-state index in [4.69, 9.17) is 41.5 Å². The van der Waals surface area contributed by atoms with Crippen molar-refractivity contribution < 1.29 is 29.9 Å². The summed E-state index contributed by atoms with van der Waals surface area (Å²) in [5.74, 6) is 1.23. The molecule has 0 bridgehead atoms. The Kier molecular flexibility index (Phi) is 11.2. The van der Waals surface area contributed by atoms with Crippen molar-refractivity contribution in [3.63, 3.8) is 0 Å². The van der Waals surface area contributed by atoms with Crippen LogP contribution in [0.15, 0.2) is 85.2 Å². The fourth-order valence-electron chi connectivity index (χ4n) is 2.44. The van der Waals surface area contributed by atoms with Gasteiger partial charge in [-0.2, -0.15) is 0 Å². The molecule has 0 radical (unpaired) electrons. The summed E-state index contributed by atoms with van der Waals surface area (Å²) in [7, 11) is -2.91. The number of pyridine rings is 2. The van der Waals surface area contributed by atoms with Gasteiger partial charge in [-0.25, -0.2) is 9.97 Å². The zero-order valence-electron chi connectivity index (χ0n) is 19.2. The first-order valence-corrected chi connectivity index (χ1v) is 10.8. The average Bonchev–Trinajstić information content (AvgIpc) is 2.84. The molecule has 11 heteroatoms. The van der Waals surface area contributed by atoms with Gasteiger partial charge < -0.3 is 29.9 Å². The number of rotatable bonds is 4. The van der Waals surface area contributed by atoms with Crippen molar-refractivity contribution in [1.82, 2.24) is 9.97 Å². The standard InChI is InChI=1S/C12H12BNO3.C6H7BO3.C6H6ClN/c1-9-2-7-12(14-8-9)17-11-5-3-10(4-6-11)13(15)16;8-6-3-1-5(2-4-6)7(9)10;1-5-2-3-6(7)8-4-5/h2-8,15-16H,1H3;1-4,8-10H;2-4H,1H3. The summed E-state index contributed by atoms with van der Waals surface area (Å²) in [6, 6.07) is 19.6. The highest BCUT2D eigenvalue weighted by atomic mass is 35.5. The van der Waals surface area contributed by atoms with Crippen molar-refractivity contribution in [3.8, 4) is 17.4 Å². The maximum absolute atomic E-state index is 8.94. The van der Waals surface area contributed by atoms with Gasteiger partial charge in [-0.1, -0.05) is 48.0 Å². The van der Waals surface area contributed by atoms with E-state index in [-0.39, 0.29) is 5.75 Å². The van der Waals surface area contributed by atoms with Crippen LogP contribution in [0.1, 0.15) is 11.1 Å². The molecule has 0 fully saturated rings. The Morgan fingerprint density at radius 2 is 1.14 bits per heavy atom. The quantitative estimate of drug-likeness (QED) is 0.215. The smallest absolute Gasteiger partial charge is 0.488 e. The number of aromatic hydroxyl groups is 1. The summed E-state index contributed by atoms with van der Waals surface area (Å²) in [6.45, 7) is 3.93. The minimum absolute atomic E-state index is 0.115. The lowest BCUT2D eigenvalue weighted by Crippen LogP contribution is -2.29. The normalized spacial score (nSPS) is 9.69. The molecule has 0 saturated carbocycles. The van der Waals surface area contributed by atoms with Gasteiger partial charge in [0.2, 0.25) is 5.88 Å². The first kappa shape index (κ1) is 27.8. The fourth-order valence-corrected chi connectivity index (χ4v) is 2.55. The molecular formula is C24H25B2ClN2O6. The first-order valence-electron chi connectivity index (χ1n) is 10.4. The molecule has 4 rings (SSSR count). The van der Waals surface area contributed by atoms with E-state index in [2.05, 4.69) is 9.97 Å². The van der Waals surface area contributed by atoms with Gasteiger partial charge in [-0.3, -0.25) is 0 Å². The Balaban J connectivity index is 0.000000204. The molecule has 180 valence electrons. The maximum atomic E-state index is 8.94. The van der Waals surface area contributed by atoms with Crippen LogP contribution in [0.4, 0.5) is 0 Å². The zero-order chi connectivity index (χ0) is 25.8. The lowest BCUT2D eigenvalue weighted by atomic mass is 9.80. The number of halogens is 1. The highest BCUT2D eigenvalue weighted by Gasteiger charge is 2.10. The second-order valence-corrected chi connectivity index (χ2v) is 7.73. The summed E-state index contributed by atoms with van der Waals surface area (Å²) < 4.78 is 5.49. The van der Waals surface area contributed by atoms with Crippen LogP contribution in [0.3, 0.4) is 0 Å². The molecule has 0 spiro atoms. The topological polar surface area (TPSA) is 136 Å². The number of ether oxygens (including phenoxy) is 1. The average molecular weight is 495 g/mol. The van der Waals surface area contributed by atoms with Gasteiger partial charge in [-0.05, 0) is 66.2 Å². The minimum atomic E-state index is -1.46. The van der Waals surface area contributed by atoms with E-state index in [1.54, 1.807) is 48.8 Å². The van der Waals surface area contributed by atoms with Crippen molar-refractivity contribution in [2.75, 3.05) is 0 Å². The molecule has 8 nitrogen and oxygen atoms in total. The fraction of sp³-hybridized carbons (Fsp3) is 0.0833. The Hall–Kier alpha value is -3.40. The summed E-state index contributed by atoms with van der Waals surface area (Å²) in [5, 5.41) is 44.4. The van der Waals surface area contributed by atoms with Crippen LogP contribution in [0.25, 0.3) is 0 Å². The molecule has 0 atom stereocenters. The van der Waals surface area contributed by atoms with E-state index >= 15 is 0 Å². The van der Waals surface area contributed by atoms with Crippen LogP contribution in [-0.2, 0) is 0 Å². The van der Waals surface area contributed by atoms with E-state index in [0.717, 1.165) is 11.1 Å². The van der Waals surface area contributed by atoms with Crippen molar-refractivity contribution in [3.05, 3.63) is 101 Å². The van der Waals surface area contributed by atoms with Gasteiger partial charge in [0.15, 0.2) is 0 Å². The van der Waals surface area contributed by atoms with Crippen molar-refractivity contribution in [1.29, 1.82) is 0 Å². The van der Waals surface area contributed by atoms with E-state index in [9.17, 15) is 0 Å². The van der Waals surface area contributed by atoms with E-state index < -0.39 is 14.2 Å². The molecule has 2 heterocycles.